The van der Waals surface area contributed by atoms with Crippen LogP contribution in [0.2, 0.25) is 5.28 Å². The van der Waals surface area contributed by atoms with Crippen LogP contribution in [0, 0.1) is 6.92 Å². The molecule has 0 spiro atoms. The molecule has 0 aliphatic rings. The molecule has 1 heterocycles. The number of rotatable bonds is 9. The van der Waals surface area contributed by atoms with Crippen molar-refractivity contribution in [3.8, 4) is 11.5 Å². The van der Waals surface area contributed by atoms with E-state index in [1.54, 1.807) is 11.9 Å². The van der Waals surface area contributed by atoms with Gasteiger partial charge < -0.3 is 29.2 Å². The predicted octanol–water partition coefficient (Wildman–Crippen LogP) is -0.556. The molecule has 5 rings (SSSR count). The molecule has 48 heavy (non-hydrogen) atoms. The minimum absolute atomic E-state index is 0. The first-order valence-electron chi connectivity index (χ1n) is 12.9. The van der Waals surface area contributed by atoms with Gasteiger partial charge in [-0.2, -0.15) is 15.0 Å². The second kappa shape index (κ2) is 15.7. The van der Waals surface area contributed by atoms with Crippen LogP contribution in [-0.4, -0.2) is 60.2 Å². The maximum atomic E-state index is 12.2. The number of methoxy groups -OCH3 is 1. The number of benzene rings is 4. The summed E-state index contributed by atoms with van der Waals surface area (Å²) in [5.74, 6) is -0.435. The van der Waals surface area contributed by atoms with Gasteiger partial charge in [-0.1, -0.05) is 18.2 Å². The molecule has 0 aliphatic heterocycles. The first-order chi connectivity index (χ1) is 21.7. The van der Waals surface area contributed by atoms with Crippen molar-refractivity contribution in [3.63, 3.8) is 0 Å². The monoisotopic (exact) mass is 729 g/mol. The molecule has 0 unspecified atom stereocenters. The van der Waals surface area contributed by atoms with E-state index in [1.807, 2.05) is 31.2 Å². The topological polar surface area (TPSA) is 223 Å². The van der Waals surface area contributed by atoms with E-state index in [-0.39, 0.29) is 92.8 Å². The van der Waals surface area contributed by atoms with Crippen LogP contribution in [-0.2, 0) is 20.2 Å². The number of nitrogens with one attached hydrogen (secondary N) is 1. The Bertz CT molecular complexity index is 2260. The number of para-hydroxylation sites is 1. The fourth-order valence-corrected chi connectivity index (χ4v) is 5.87. The van der Waals surface area contributed by atoms with Crippen LogP contribution in [0.25, 0.3) is 10.8 Å². The summed E-state index contributed by atoms with van der Waals surface area (Å²) < 4.78 is 77.0. The fourth-order valence-electron chi connectivity index (χ4n) is 4.45. The second-order valence-corrected chi connectivity index (χ2v) is 12.7. The molecular formula is C28H22ClN7Na2O8S2. The van der Waals surface area contributed by atoms with Crippen LogP contribution in [0.4, 0.5) is 34.6 Å². The number of phenols is 1. The summed E-state index contributed by atoms with van der Waals surface area (Å²) in [6.07, 6.45) is 0. The van der Waals surface area contributed by atoms with Crippen LogP contribution in [0.5, 0.6) is 11.5 Å². The van der Waals surface area contributed by atoms with E-state index in [4.69, 9.17) is 16.3 Å². The molecule has 0 aliphatic carbocycles. The molecule has 0 amide bonds. The molecule has 0 bridgehead atoms. The number of aromatic hydroxyl groups is 1. The maximum absolute atomic E-state index is 12.2. The van der Waals surface area contributed by atoms with Crippen molar-refractivity contribution in [3.05, 3.63) is 77.6 Å². The average Bonchev–Trinajstić information content (AvgIpc) is 2.99. The summed E-state index contributed by atoms with van der Waals surface area (Å²) in [4.78, 5) is 12.6. The Balaban J connectivity index is 0.00000312. The molecule has 5 aromatic rings. The van der Waals surface area contributed by atoms with Crippen LogP contribution in [0.3, 0.4) is 0 Å². The summed E-state index contributed by atoms with van der Waals surface area (Å²) >= 11 is 6.18. The van der Waals surface area contributed by atoms with Gasteiger partial charge in [0.15, 0.2) is 5.75 Å². The normalized spacial score (nSPS) is 11.5. The molecule has 0 atom stereocenters. The van der Waals surface area contributed by atoms with Gasteiger partial charge in [-0.25, -0.2) is 16.8 Å². The standard InChI is InChI=1S/C28H24ClN7O8S2.2Na/c1-15-6-4-5-7-21(15)36(2)28-32-26(29)31-27(33-28)30-17-8-10-19-16(12-17)13-23(46(41,42)43)24(25(19)37)35-34-20-11-9-18(44-3)14-22(20)45(38,39)40;;/h4-14,37H,1-3H3,(H,38,39,40)(H,41,42,43)(H,30,31,32,33);;/q;2*+1/p-2. The van der Waals surface area contributed by atoms with Gasteiger partial charge >= 0.3 is 59.1 Å². The van der Waals surface area contributed by atoms with Crippen molar-refractivity contribution in [1.29, 1.82) is 0 Å². The number of ether oxygens (including phenoxy) is 1. The number of aryl methyl sites for hydroxylation is 1. The van der Waals surface area contributed by atoms with Crippen LogP contribution < -0.4 is 74.1 Å². The van der Waals surface area contributed by atoms with E-state index < -0.39 is 47.2 Å². The van der Waals surface area contributed by atoms with Gasteiger partial charge in [-0.15, -0.1) is 10.2 Å². The third kappa shape index (κ3) is 8.80. The van der Waals surface area contributed by atoms with Gasteiger partial charge in [0.05, 0.1) is 16.9 Å². The molecule has 20 heteroatoms. The number of nitrogens with zero attached hydrogens (tertiary/aromatic N) is 6. The molecule has 0 fully saturated rings. The Morgan fingerprint density at radius 2 is 1.58 bits per heavy atom. The van der Waals surface area contributed by atoms with Gasteiger partial charge in [-0.05, 0) is 78.0 Å². The number of hydrogen-bond donors (Lipinski definition) is 2. The van der Waals surface area contributed by atoms with Crippen LogP contribution >= 0.6 is 11.6 Å². The minimum atomic E-state index is -5.26. The fraction of sp³-hybridized carbons (Fsp3) is 0.107. The summed E-state index contributed by atoms with van der Waals surface area (Å²) in [6, 6.07) is 16.1. The largest absolute Gasteiger partial charge is 1.00 e. The van der Waals surface area contributed by atoms with E-state index in [2.05, 4.69) is 30.5 Å². The van der Waals surface area contributed by atoms with Gasteiger partial charge in [0.25, 0.3) is 0 Å². The van der Waals surface area contributed by atoms with Crippen molar-refractivity contribution < 1.29 is 94.9 Å². The number of anilines is 4. The molecule has 4 aromatic carbocycles. The third-order valence-corrected chi connectivity index (χ3v) is 8.53. The predicted molar refractivity (Wildman–Crippen MR) is 166 cm³/mol. The zero-order valence-corrected chi connectivity index (χ0v) is 32.4. The molecule has 238 valence electrons. The van der Waals surface area contributed by atoms with Crippen molar-refractivity contribution in [2.24, 2.45) is 10.2 Å². The van der Waals surface area contributed by atoms with Gasteiger partial charge in [0, 0.05) is 23.8 Å². The van der Waals surface area contributed by atoms with E-state index in [0.29, 0.717) is 5.69 Å². The quantitative estimate of drug-likeness (QED) is 0.111. The smallest absolute Gasteiger partial charge is 0.744 e. The Morgan fingerprint density at radius 3 is 2.23 bits per heavy atom. The van der Waals surface area contributed by atoms with Crippen molar-refractivity contribution in [2.75, 3.05) is 24.4 Å². The Hall–Kier alpha value is -2.94. The van der Waals surface area contributed by atoms with E-state index in [0.717, 1.165) is 29.4 Å². The summed E-state index contributed by atoms with van der Waals surface area (Å²) in [7, 11) is -7.33. The molecule has 0 saturated carbocycles. The molecular weight excluding hydrogens is 708 g/mol. The number of hydrogen-bond acceptors (Lipinski definition) is 15. The van der Waals surface area contributed by atoms with Crippen LogP contribution in [0.15, 0.2) is 86.7 Å². The number of halogens is 1. The number of phenolic OH excluding ortho intramolecular Hbond substituents is 1. The van der Waals surface area contributed by atoms with Gasteiger partial charge in [-0.3, -0.25) is 0 Å². The number of azo groups is 1. The minimum Gasteiger partial charge on any atom is -0.744 e. The molecule has 2 N–H and O–H groups in total. The first-order valence-corrected chi connectivity index (χ1v) is 16.1. The average molecular weight is 730 g/mol. The van der Waals surface area contributed by atoms with E-state index in [9.17, 15) is 31.0 Å². The number of fused-ring (bicyclic) bond motifs is 1. The SMILES string of the molecule is COc1ccc(N=Nc2c(S(=O)(=O)[O-])cc3cc(Nc4nc(Cl)nc(N(C)c5ccccc5C)n4)ccc3c2O)c(S(=O)(=O)[O-])c1.[Na+].[Na+]. The molecule has 15 nitrogen and oxygen atoms in total. The van der Waals surface area contributed by atoms with Crippen molar-refractivity contribution in [1.82, 2.24) is 15.0 Å². The Kier molecular flexibility index (Phi) is 12.9. The second-order valence-electron chi connectivity index (χ2n) is 9.65. The van der Waals surface area contributed by atoms with Crippen molar-refractivity contribution >= 4 is 77.3 Å². The summed E-state index contributed by atoms with van der Waals surface area (Å²) in [5.41, 5.74) is 0.877. The van der Waals surface area contributed by atoms with Crippen molar-refractivity contribution in [2.45, 2.75) is 16.7 Å². The Labute approximate surface area is 324 Å². The zero-order valence-electron chi connectivity index (χ0n) is 26.0. The van der Waals surface area contributed by atoms with E-state index >= 15 is 0 Å². The summed E-state index contributed by atoms with van der Waals surface area (Å²) in [6.45, 7) is 1.93. The third-order valence-electron chi connectivity index (χ3n) is 6.64. The van der Waals surface area contributed by atoms with Gasteiger partial charge in [0.1, 0.15) is 37.4 Å². The van der Waals surface area contributed by atoms with Crippen LogP contribution in [0.1, 0.15) is 5.56 Å². The maximum Gasteiger partial charge on any atom is 1.00 e. The first kappa shape index (κ1) is 39.5. The number of aromatic nitrogens is 3. The zero-order chi connectivity index (χ0) is 33.4. The van der Waals surface area contributed by atoms with Gasteiger partial charge in [0.2, 0.25) is 17.2 Å². The molecule has 1 aromatic heterocycles. The van der Waals surface area contributed by atoms with E-state index in [1.165, 1.54) is 31.4 Å². The molecule has 0 saturated heterocycles. The Morgan fingerprint density at radius 1 is 0.896 bits per heavy atom. The summed E-state index contributed by atoms with van der Waals surface area (Å²) in [5, 5.41) is 21.3. The molecule has 0 radical (unpaired) electrons.